The fourth-order valence-electron chi connectivity index (χ4n) is 5.56. The Morgan fingerprint density at radius 1 is 0.952 bits per heavy atom. The minimum absolute atomic E-state index is 0.111. The first-order valence-corrected chi connectivity index (χ1v) is 14.1. The van der Waals surface area contributed by atoms with Crippen LogP contribution in [0.4, 0.5) is 5.69 Å². The third kappa shape index (κ3) is 5.22. The second kappa shape index (κ2) is 11.8. The Hall–Kier alpha value is -5.02. The molecule has 1 aliphatic rings. The molecule has 2 unspecified atom stereocenters. The van der Waals surface area contributed by atoms with Gasteiger partial charge in [0, 0.05) is 42.1 Å². The lowest BCUT2D eigenvalue weighted by molar-refractivity contribution is -0.116. The molecule has 5 aromatic rings. The topological polar surface area (TPSA) is 88.5 Å². The van der Waals surface area contributed by atoms with E-state index in [1.807, 2.05) is 107 Å². The van der Waals surface area contributed by atoms with Gasteiger partial charge in [0.25, 0.3) is 0 Å². The van der Waals surface area contributed by atoms with E-state index in [1.54, 1.807) is 12.3 Å². The summed E-state index contributed by atoms with van der Waals surface area (Å²) >= 11 is 5.83. The van der Waals surface area contributed by atoms with Crippen LogP contribution < -0.4 is 10.6 Å². The zero-order chi connectivity index (χ0) is 29.1. The maximum atomic E-state index is 13.2. The number of rotatable bonds is 8. The van der Waals surface area contributed by atoms with Gasteiger partial charge >= 0.3 is 5.97 Å². The van der Waals surface area contributed by atoms with Crippen molar-refractivity contribution in [3.63, 3.8) is 0 Å². The molecular formula is C33H29N5O3S. The number of aromatic nitrogens is 2. The van der Waals surface area contributed by atoms with Crippen molar-refractivity contribution in [2.45, 2.75) is 18.5 Å². The molecule has 1 saturated heterocycles. The van der Waals surface area contributed by atoms with E-state index >= 15 is 0 Å². The van der Waals surface area contributed by atoms with Crippen LogP contribution in [0.2, 0.25) is 0 Å². The molecule has 0 aliphatic carbocycles. The zero-order valence-electron chi connectivity index (χ0n) is 22.9. The lowest BCUT2D eigenvalue weighted by Gasteiger charge is -2.29. The Balaban J connectivity index is 1.32. The summed E-state index contributed by atoms with van der Waals surface area (Å²) in [5, 5.41) is 9.10. The van der Waals surface area contributed by atoms with E-state index in [-0.39, 0.29) is 24.4 Å². The summed E-state index contributed by atoms with van der Waals surface area (Å²) in [5.41, 5.74) is 3.62. The maximum Gasteiger partial charge on any atom is 0.339 e. The molecule has 2 atom stereocenters. The van der Waals surface area contributed by atoms with E-state index in [0.29, 0.717) is 22.9 Å². The zero-order valence-corrected chi connectivity index (χ0v) is 23.8. The van der Waals surface area contributed by atoms with E-state index in [4.69, 9.17) is 17.0 Å². The number of thiocarbonyl (C=S) groups is 1. The number of ether oxygens (including phenoxy) is 1. The minimum atomic E-state index is -0.423. The Labute approximate surface area is 248 Å². The molecule has 3 aromatic carbocycles. The Morgan fingerprint density at radius 3 is 2.57 bits per heavy atom. The number of hydrogen-bond acceptors (Lipinski definition) is 5. The van der Waals surface area contributed by atoms with Gasteiger partial charge in [0.15, 0.2) is 5.11 Å². The summed E-state index contributed by atoms with van der Waals surface area (Å²) in [6.45, 7) is 0.375. The molecule has 3 heterocycles. The average molecular weight is 576 g/mol. The average Bonchev–Trinajstić information content (AvgIpc) is 3.64. The van der Waals surface area contributed by atoms with Crippen LogP contribution in [0.15, 0.2) is 109 Å². The third-order valence-corrected chi connectivity index (χ3v) is 7.85. The summed E-state index contributed by atoms with van der Waals surface area (Å²) in [5.74, 6) is -0.533. The first-order chi connectivity index (χ1) is 20.5. The number of hydrogen-bond donors (Lipinski definition) is 2. The molecule has 0 spiro atoms. The molecule has 0 bridgehead atoms. The van der Waals surface area contributed by atoms with Gasteiger partial charge in [-0.2, -0.15) is 0 Å². The number of para-hydroxylation sites is 1. The van der Waals surface area contributed by atoms with Crippen molar-refractivity contribution in [3.05, 3.63) is 126 Å². The first-order valence-electron chi connectivity index (χ1n) is 13.7. The molecule has 2 aromatic heterocycles. The monoisotopic (exact) mass is 575 g/mol. The molecule has 6 rings (SSSR count). The molecular weight excluding hydrogens is 546 g/mol. The van der Waals surface area contributed by atoms with E-state index in [2.05, 4.69) is 15.6 Å². The minimum Gasteiger partial charge on any atom is -0.465 e. The molecule has 8 nitrogen and oxygen atoms in total. The Morgan fingerprint density at radius 2 is 1.74 bits per heavy atom. The van der Waals surface area contributed by atoms with Crippen molar-refractivity contribution in [1.82, 2.24) is 19.8 Å². The molecule has 1 amide bonds. The number of carbonyl (C=O) groups excluding carboxylic acids is 2. The molecule has 0 radical (unpaired) electrons. The summed E-state index contributed by atoms with van der Waals surface area (Å²) in [7, 11) is 1.37. The summed E-state index contributed by atoms with van der Waals surface area (Å²) in [4.78, 5) is 32.5. The SMILES string of the molecule is COC(=O)c1ccccc1-n1cccc1C1C(c2ccccn2)NC(=S)N1CCC(=O)Nc1cccc2ccccc12. The van der Waals surface area contributed by atoms with Gasteiger partial charge in [0.1, 0.15) is 0 Å². The number of esters is 1. The smallest absolute Gasteiger partial charge is 0.339 e. The van der Waals surface area contributed by atoms with Gasteiger partial charge in [0.2, 0.25) is 5.91 Å². The summed E-state index contributed by atoms with van der Waals surface area (Å²) in [6, 6.07) is 30.3. The highest BCUT2D eigenvalue weighted by Gasteiger charge is 2.41. The fraction of sp³-hybridized carbons (Fsp3) is 0.152. The maximum absolute atomic E-state index is 13.2. The second-order valence-electron chi connectivity index (χ2n) is 9.96. The summed E-state index contributed by atoms with van der Waals surface area (Å²) < 4.78 is 7.04. The largest absolute Gasteiger partial charge is 0.465 e. The summed E-state index contributed by atoms with van der Waals surface area (Å²) in [6.07, 6.45) is 3.89. The number of nitrogens with zero attached hydrogens (tertiary/aromatic N) is 3. The molecule has 2 N–H and O–H groups in total. The van der Waals surface area contributed by atoms with E-state index in [1.165, 1.54) is 7.11 Å². The van der Waals surface area contributed by atoms with Crippen molar-refractivity contribution >= 4 is 45.7 Å². The molecule has 9 heteroatoms. The van der Waals surface area contributed by atoms with Gasteiger partial charge in [0.05, 0.1) is 36.1 Å². The number of carbonyl (C=O) groups is 2. The first kappa shape index (κ1) is 27.2. The predicted molar refractivity (Wildman–Crippen MR) is 166 cm³/mol. The lowest BCUT2D eigenvalue weighted by atomic mass is 10.0. The second-order valence-corrected chi connectivity index (χ2v) is 10.3. The predicted octanol–water partition coefficient (Wildman–Crippen LogP) is 5.81. The van der Waals surface area contributed by atoms with Crippen LogP contribution in [-0.2, 0) is 9.53 Å². The van der Waals surface area contributed by atoms with E-state index in [0.717, 1.165) is 27.8 Å². The quantitative estimate of drug-likeness (QED) is 0.178. The Bertz CT molecular complexity index is 1760. The standard InChI is InChI=1S/C33H29N5O3S/c1-41-32(40)24-13-4-5-16-27(24)37-20-9-17-28(37)31-30(26-14-6-7-19-34-26)36-33(42)38(31)21-18-29(39)35-25-15-8-11-22-10-2-3-12-23(22)25/h2-17,19-20,30-31H,18,21H2,1H3,(H,35,39)(H,36,42). The van der Waals surface area contributed by atoms with Crippen molar-refractivity contribution in [2.24, 2.45) is 0 Å². The molecule has 1 aliphatic heterocycles. The van der Waals surface area contributed by atoms with Crippen LogP contribution in [-0.4, -0.2) is 45.1 Å². The molecule has 1 fully saturated rings. The van der Waals surface area contributed by atoms with Crippen LogP contribution in [0, 0.1) is 0 Å². The highest BCUT2D eigenvalue weighted by Crippen LogP contribution is 2.40. The number of amides is 1. The van der Waals surface area contributed by atoms with Gasteiger partial charge in [-0.15, -0.1) is 0 Å². The van der Waals surface area contributed by atoms with Crippen molar-refractivity contribution in [2.75, 3.05) is 19.0 Å². The highest BCUT2D eigenvalue weighted by atomic mass is 32.1. The van der Waals surface area contributed by atoms with Gasteiger partial charge < -0.3 is 24.8 Å². The molecule has 42 heavy (non-hydrogen) atoms. The number of nitrogens with one attached hydrogen (secondary N) is 2. The van der Waals surface area contributed by atoms with Crippen LogP contribution in [0.3, 0.4) is 0 Å². The highest BCUT2D eigenvalue weighted by molar-refractivity contribution is 7.80. The number of pyridine rings is 1. The van der Waals surface area contributed by atoms with Gasteiger partial charge in [-0.05, 0) is 60.1 Å². The Kier molecular flexibility index (Phi) is 7.66. The van der Waals surface area contributed by atoms with Crippen molar-refractivity contribution in [1.29, 1.82) is 0 Å². The normalized spacial score (nSPS) is 16.3. The number of fused-ring (bicyclic) bond motifs is 1. The molecule has 210 valence electrons. The number of anilines is 1. The van der Waals surface area contributed by atoms with Gasteiger partial charge in [-0.1, -0.05) is 54.6 Å². The van der Waals surface area contributed by atoms with Crippen molar-refractivity contribution < 1.29 is 14.3 Å². The van der Waals surface area contributed by atoms with Crippen LogP contribution in [0.5, 0.6) is 0 Å². The number of benzene rings is 3. The van der Waals surface area contributed by atoms with Gasteiger partial charge in [-0.3, -0.25) is 9.78 Å². The fourth-order valence-corrected chi connectivity index (χ4v) is 5.89. The van der Waals surface area contributed by atoms with Crippen molar-refractivity contribution in [3.8, 4) is 5.69 Å². The number of methoxy groups -OCH3 is 1. The van der Waals surface area contributed by atoms with Crippen LogP contribution in [0.25, 0.3) is 16.5 Å². The van der Waals surface area contributed by atoms with E-state index in [9.17, 15) is 9.59 Å². The van der Waals surface area contributed by atoms with E-state index < -0.39 is 5.97 Å². The lowest BCUT2D eigenvalue weighted by Crippen LogP contribution is -2.33. The van der Waals surface area contributed by atoms with Crippen LogP contribution >= 0.6 is 12.2 Å². The molecule has 0 saturated carbocycles. The van der Waals surface area contributed by atoms with Crippen LogP contribution in [0.1, 0.15) is 40.3 Å². The van der Waals surface area contributed by atoms with Gasteiger partial charge in [-0.25, -0.2) is 4.79 Å². The third-order valence-electron chi connectivity index (χ3n) is 7.49.